The van der Waals surface area contributed by atoms with E-state index in [1.807, 2.05) is 0 Å². The maximum atomic E-state index is 6.08. The molecule has 136 valence electrons. The minimum atomic E-state index is 0. The molecule has 0 aliphatic carbocycles. The van der Waals surface area contributed by atoms with Crippen molar-refractivity contribution in [3.63, 3.8) is 0 Å². The van der Waals surface area contributed by atoms with E-state index < -0.39 is 0 Å². The van der Waals surface area contributed by atoms with Gasteiger partial charge in [-0.05, 0) is 38.1 Å². The molecule has 1 N–H and O–H groups in total. The van der Waals surface area contributed by atoms with Crippen molar-refractivity contribution in [3.05, 3.63) is 23.8 Å². The van der Waals surface area contributed by atoms with Gasteiger partial charge in [0.25, 0.3) is 0 Å². The second-order valence-electron chi connectivity index (χ2n) is 5.86. The molecule has 1 fully saturated rings. The van der Waals surface area contributed by atoms with Gasteiger partial charge in [-0.15, -0.1) is 37.2 Å². The van der Waals surface area contributed by atoms with Gasteiger partial charge < -0.3 is 19.9 Å². The number of piperidine rings is 1. The Balaban J connectivity index is 0. The number of halogens is 3. The molecular weight excluding hydrogens is 357 g/mol. The zero-order valence-electron chi connectivity index (χ0n) is 14.4. The number of nitrogens with one attached hydrogen (secondary N) is 1. The lowest BCUT2D eigenvalue weighted by Gasteiger charge is -2.25. The van der Waals surface area contributed by atoms with Crippen molar-refractivity contribution >= 4 is 48.6 Å². The highest BCUT2D eigenvalue weighted by molar-refractivity contribution is 5.86. The lowest BCUT2D eigenvalue weighted by molar-refractivity contribution is 0.0214. The molecule has 0 atom stereocenters. The van der Waals surface area contributed by atoms with Crippen LogP contribution in [0, 0.1) is 0 Å². The van der Waals surface area contributed by atoms with Crippen molar-refractivity contribution in [1.29, 1.82) is 0 Å². The SMILES string of the molecule is CN(C)c1ccc(COC2CCNCC2)c(N(C)C)c1.Cl.Cl.Cl. The summed E-state index contributed by atoms with van der Waals surface area (Å²) in [5, 5.41) is 3.37. The van der Waals surface area contributed by atoms with E-state index in [9.17, 15) is 0 Å². The molecule has 1 saturated heterocycles. The Morgan fingerprint density at radius 1 is 1.00 bits per heavy atom. The third-order valence-corrected chi connectivity index (χ3v) is 3.83. The molecule has 7 heteroatoms. The summed E-state index contributed by atoms with van der Waals surface area (Å²) < 4.78 is 6.08. The van der Waals surface area contributed by atoms with Crippen molar-refractivity contribution in [2.75, 3.05) is 51.1 Å². The Labute approximate surface area is 159 Å². The van der Waals surface area contributed by atoms with E-state index in [2.05, 4.69) is 61.5 Å². The van der Waals surface area contributed by atoms with E-state index in [1.165, 1.54) is 16.9 Å². The molecule has 1 heterocycles. The van der Waals surface area contributed by atoms with Crippen LogP contribution in [0.1, 0.15) is 18.4 Å². The molecule has 2 rings (SSSR count). The summed E-state index contributed by atoms with van der Waals surface area (Å²) in [4.78, 5) is 4.29. The van der Waals surface area contributed by atoms with E-state index in [1.54, 1.807) is 0 Å². The van der Waals surface area contributed by atoms with Gasteiger partial charge in [0.1, 0.15) is 0 Å². The Kier molecular flexibility index (Phi) is 13.0. The number of benzene rings is 1. The topological polar surface area (TPSA) is 27.7 Å². The first kappa shape index (κ1) is 24.9. The molecule has 0 aromatic heterocycles. The normalized spacial score (nSPS) is 14.1. The summed E-state index contributed by atoms with van der Waals surface area (Å²) in [6.07, 6.45) is 2.64. The quantitative estimate of drug-likeness (QED) is 0.840. The van der Waals surface area contributed by atoms with Crippen LogP contribution in [0.3, 0.4) is 0 Å². The second kappa shape index (κ2) is 12.0. The number of rotatable bonds is 5. The average Bonchev–Trinajstić information content (AvgIpc) is 2.45. The highest BCUT2D eigenvalue weighted by atomic mass is 35.5. The first-order valence-electron chi connectivity index (χ1n) is 7.38. The Morgan fingerprint density at radius 3 is 2.13 bits per heavy atom. The van der Waals surface area contributed by atoms with E-state index in [-0.39, 0.29) is 37.2 Å². The molecule has 0 radical (unpaired) electrons. The van der Waals surface area contributed by atoms with Crippen LogP contribution in [-0.4, -0.2) is 47.4 Å². The number of ether oxygens (including phenoxy) is 1. The van der Waals surface area contributed by atoms with Crippen molar-refractivity contribution in [2.24, 2.45) is 0 Å². The van der Waals surface area contributed by atoms with Crippen LogP contribution in [0.2, 0.25) is 0 Å². The molecule has 1 aliphatic heterocycles. The van der Waals surface area contributed by atoms with Crippen molar-refractivity contribution < 1.29 is 4.74 Å². The molecular formula is C16H30Cl3N3O. The summed E-state index contributed by atoms with van der Waals surface area (Å²) in [5.41, 5.74) is 3.73. The number of anilines is 2. The summed E-state index contributed by atoms with van der Waals surface area (Å²) in [7, 11) is 8.31. The van der Waals surface area contributed by atoms with Gasteiger partial charge in [-0.2, -0.15) is 0 Å². The van der Waals surface area contributed by atoms with Crippen LogP contribution in [-0.2, 0) is 11.3 Å². The molecule has 0 saturated carbocycles. The van der Waals surface area contributed by atoms with Crippen molar-refractivity contribution in [2.45, 2.75) is 25.6 Å². The van der Waals surface area contributed by atoms with Crippen LogP contribution in [0.5, 0.6) is 0 Å². The fourth-order valence-corrected chi connectivity index (χ4v) is 2.54. The number of nitrogens with zero attached hydrogens (tertiary/aromatic N) is 2. The summed E-state index contributed by atoms with van der Waals surface area (Å²) >= 11 is 0. The lowest BCUT2D eigenvalue weighted by atomic mass is 10.1. The smallest absolute Gasteiger partial charge is 0.0740 e. The average molecular weight is 387 g/mol. The van der Waals surface area contributed by atoms with Gasteiger partial charge in [-0.1, -0.05) is 6.07 Å². The van der Waals surface area contributed by atoms with Gasteiger partial charge in [-0.25, -0.2) is 0 Å². The highest BCUT2D eigenvalue weighted by Crippen LogP contribution is 2.26. The van der Waals surface area contributed by atoms with Gasteiger partial charge in [0.15, 0.2) is 0 Å². The molecule has 0 bridgehead atoms. The molecule has 0 amide bonds. The monoisotopic (exact) mass is 385 g/mol. The zero-order valence-corrected chi connectivity index (χ0v) is 16.8. The van der Waals surface area contributed by atoms with Crippen LogP contribution in [0.4, 0.5) is 11.4 Å². The van der Waals surface area contributed by atoms with Gasteiger partial charge in [0.05, 0.1) is 12.7 Å². The van der Waals surface area contributed by atoms with E-state index in [0.29, 0.717) is 12.7 Å². The van der Waals surface area contributed by atoms with Crippen LogP contribution >= 0.6 is 37.2 Å². The third kappa shape index (κ3) is 7.36. The first-order valence-corrected chi connectivity index (χ1v) is 7.38. The van der Waals surface area contributed by atoms with E-state index >= 15 is 0 Å². The minimum Gasteiger partial charge on any atom is -0.378 e. The van der Waals surface area contributed by atoms with Gasteiger partial charge >= 0.3 is 0 Å². The molecule has 1 aromatic carbocycles. The maximum absolute atomic E-state index is 6.08. The first-order chi connectivity index (χ1) is 9.58. The fourth-order valence-electron chi connectivity index (χ4n) is 2.54. The lowest BCUT2D eigenvalue weighted by Crippen LogP contribution is -2.32. The number of hydrogen-bond acceptors (Lipinski definition) is 4. The Morgan fingerprint density at radius 2 is 1.61 bits per heavy atom. The van der Waals surface area contributed by atoms with Crippen LogP contribution < -0.4 is 15.1 Å². The Bertz CT molecular complexity index is 439. The van der Waals surface area contributed by atoms with Crippen molar-refractivity contribution in [1.82, 2.24) is 5.32 Å². The standard InChI is InChI=1S/C16H27N3O.3ClH/c1-18(2)14-6-5-13(16(11-14)19(3)4)12-20-15-7-9-17-10-8-15;;;/h5-6,11,15,17H,7-10,12H2,1-4H3;3*1H. The summed E-state index contributed by atoms with van der Waals surface area (Å²) in [6.45, 7) is 2.85. The largest absolute Gasteiger partial charge is 0.378 e. The van der Waals surface area contributed by atoms with Crippen molar-refractivity contribution in [3.8, 4) is 0 Å². The molecule has 4 nitrogen and oxygen atoms in total. The van der Waals surface area contributed by atoms with E-state index in [0.717, 1.165) is 25.9 Å². The zero-order chi connectivity index (χ0) is 14.5. The van der Waals surface area contributed by atoms with Crippen LogP contribution in [0.15, 0.2) is 18.2 Å². The maximum Gasteiger partial charge on any atom is 0.0740 e. The predicted octanol–water partition coefficient (Wildman–Crippen LogP) is 3.35. The highest BCUT2D eigenvalue weighted by Gasteiger charge is 2.15. The molecule has 0 spiro atoms. The third-order valence-electron chi connectivity index (χ3n) is 3.83. The Hall–Kier alpha value is -0.390. The van der Waals surface area contributed by atoms with Crippen LogP contribution in [0.25, 0.3) is 0 Å². The fraction of sp³-hybridized carbons (Fsp3) is 0.625. The van der Waals surface area contributed by atoms with Gasteiger partial charge in [0.2, 0.25) is 0 Å². The molecule has 1 aliphatic rings. The van der Waals surface area contributed by atoms with Gasteiger partial charge in [0, 0.05) is 45.1 Å². The molecule has 1 aromatic rings. The molecule has 23 heavy (non-hydrogen) atoms. The summed E-state index contributed by atoms with van der Waals surface area (Å²) in [6, 6.07) is 6.57. The minimum absolute atomic E-state index is 0. The van der Waals surface area contributed by atoms with E-state index in [4.69, 9.17) is 4.74 Å². The molecule has 0 unspecified atom stereocenters. The summed E-state index contributed by atoms with van der Waals surface area (Å²) in [5.74, 6) is 0. The predicted molar refractivity (Wildman–Crippen MR) is 108 cm³/mol. The van der Waals surface area contributed by atoms with Gasteiger partial charge in [-0.3, -0.25) is 0 Å². The number of hydrogen-bond donors (Lipinski definition) is 1. The second-order valence-corrected chi connectivity index (χ2v) is 5.86.